The zero-order chi connectivity index (χ0) is 24.4. The molecular weight excluding hydrogens is 521 g/mol. The lowest BCUT2D eigenvalue weighted by molar-refractivity contribution is -0.113. The van der Waals surface area contributed by atoms with E-state index in [1.54, 1.807) is 30.5 Å². The molecular formula is C26H17Cl2N3O2S2. The predicted octanol–water partition coefficient (Wildman–Crippen LogP) is 7.94. The Kier molecular flexibility index (Phi) is 6.92. The molecule has 174 valence electrons. The average molecular weight is 538 g/mol. The number of amides is 1. The summed E-state index contributed by atoms with van der Waals surface area (Å²) in [7, 11) is 0. The number of aliphatic imine (C=N–C) groups is 1. The van der Waals surface area contributed by atoms with Crippen LogP contribution in [0.2, 0.25) is 10.0 Å². The van der Waals surface area contributed by atoms with Crippen molar-refractivity contribution in [1.29, 1.82) is 0 Å². The minimum atomic E-state index is -0.159. The van der Waals surface area contributed by atoms with Gasteiger partial charge < -0.3 is 10.4 Å². The van der Waals surface area contributed by atoms with Gasteiger partial charge in [-0.1, -0.05) is 65.3 Å². The predicted molar refractivity (Wildman–Crippen MR) is 148 cm³/mol. The number of nitrogens with zero attached hydrogens (tertiary/aromatic N) is 2. The molecule has 5 rings (SSSR count). The first-order valence-corrected chi connectivity index (χ1v) is 13.1. The van der Waals surface area contributed by atoms with Gasteiger partial charge in [-0.15, -0.1) is 11.3 Å². The van der Waals surface area contributed by atoms with E-state index in [-0.39, 0.29) is 17.4 Å². The van der Waals surface area contributed by atoms with Crippen molar-refractivity contribution in [3.63, 3.8) is 0 Å². The first-order valence-electron chi connectivity index (χ1n) is 10.5. The second-order valence-electron chi connectivity index (χ2n) is 7.58. The maximum atomic E-state index is 12.3. The first kappa shape index (κ1) is 23.6. The largest absolute Gasteiger partial charge is 0.507 e. The Labute approximate surface area is 219 Å². The second kappa shape index (κ2) is 10.3. The number of anilines is 1. The number of hydrogen-bond donors (Lipinski definition) is 2. The van der Waals surface area contributed by atoms with Crippen LogP contribution in [0.15, 0.2) is 82.1 Å². The summed E-state index contributed by atoms with van der Waals surface area (Å²) < 4.78 is 1.76. The lowest BCUT2D eigenvalue weighted by Gasteiger charge is -2.05. The van der Waals surface area contributed by atoms with Crippen molar-refractivity contribution in [2.45, 2.75) is 4.34 Å². The standard InChI is InChI=1S/C26H17Cl2N3O2S2/c27-20-8-6-17(11-21(20)28)30-25(33)14-34-26-31-22-9-7-16(12-24(22)35-26)29-13-19-18-4-2-1-3-15(18)5-10-23(19)32/h1-13,32H,14H2,(H,30,33). The Hall–Kier alpha value is -3.10. The number of fused-ring (bicyclic) bond motifs is 2. The molecule has 0 fully saturated rings. The van der Waals surface area contributed by atoms with Gasteiger partial charge in [-0.25, -0.2) is 4.98 Å². The van der Waals surface area contributed by atoms with E-state index in [4.69, 9.17) is 23.2 Å². The summed E-state index contributed by atoms with van der Waals surface area (Å²) in [5.74, 6) is 0.239. The molecule has 4 aromatic carbocycles. The number of aromatic hydroxyl groups is 1. The van der Waals surface area contributed by atoms with Crippen molar-refractivity contribution in [2.24, 2.45) is 4.99 Å². The van der Waals surface area contributed by atoms with Crippen LogP contribution in [0.3, 0.4) is 0 Å². The van der Waals surface area contributed by atoms with E-state index in [2.05, 4.69) is 15.3 Å². The van der Waals surface area contributed by atoms with Gasteiger partial charge in [-0.3, -0.25) is 9.79 Å². The van der Waals surface area contributed by atoms with Crippen molar-refractivity contribution in [1.82, 2.24) is 4.98 Å². The third-order valence-electron chi connectivity index (χ3n) is 5.17. The summed E-state index contributed by atoms with van der Waals surface area (Å²) in [6.07, 6.45) is 1.68. The van der Waals surface area contributed by atoms with E-state index in [0.29, 0.717) is 21.3 Å². The minimum Gasteiger partial charge on any atom is -0.507 e. The highest BCUT2D eigenvalue weighted by molar-refractivity contribution is 8.01. The Morgan fingerprint density at radius 3 is 2.77 bits per heavy atom. The zero-order valence-electron chi connectivity index (χ0n) is 18.0. The van der Waals surface area contributed by atoms with Gasteiger partial charge in [0.15, 0.2) is 4.34 Å². The molecule has 0 unspecified atom stereocenters. The van der Waals surface area contributed by atoms with E-state index in [9.17, 15) is 9.90 Å². The number of carbonyl (C=O) groups is 1. The normalized spacial score (nSPS) is 11.5. The molecule has 0 spiro atoms. The molecule has 5 aromatic rings. The van der Waals surface area contributed by atoms with Gasteiger partial charge in [-0.05, 0) is 53.2 Å². The molecule has 0 atom stereocenters. The van der Waals surface area contributed by atoms with Gasteiger partial charge >= 0.3 is 0 Å². The highest BCUT2D eigenvalue weighted by Gasteiger charge is 2.10. The lowest BCUT2D eigenvalue weighted by atomic mass is 10.0. The van der Waals surface area contributed by atoms with E-state index in [1.807, 2.05) is 48.5 Å². The van der Waals surface area contributed by atoms with Crippen LogP contribution in [0.1, 0.15) is 5.56 Å². The molecule has 5 nitrogen and oxygen atoms in total. The number of benzene rings is 4. The van der Waals surface area contributed by atoms with Crippen LogP contribution in [-0.4, -0.2) is 28.0 Å². The van der Waals surface area contributed by atoms with Crippen LogP contribution < -0.4 is 5.32 Å². The van der Waals surface area contributed by atoms with Gasteiger partial charge in [0, 0.05) is 17.5 Å². The number of thioether (sulfide) groups is 1. The van der Waals surface area contributed by atoms with Crippen molar-refractivity contribution in [3.05, 3.63) is 88.4 Å². The van der Waals surface area contributed by atoms with E-state index >= 15 is 0 Å². The fraction of sp³-hybridized carbons (Fsp3) is 0.0385. The summed E-state index contributed by atoms with van der Waals surface area (Å²) in [5.41, 5.74) is 2.86. The number of halogens is 2. The number of carbonyl (C=O) groups excluding carboxylic acids is 1. The molecule has 35 heavy (non-hydrogen) atoms. The maximum absolute atomic E-state index is 12.3. The number of hydrogen-bond acceptors (Lipinski definition) is 6. The summed E-state index contributed by atoms with van der Waals surface area (Å²) in [4.78, 5) is 21.5. The molecule has 0 saturated heterocycles. The quantitative estimate of drug-likeness (QED) is 0.170. The Morgan fingerprint density at radius 1 is 1.06 bits per heavy atom. The van der Waals surface area contributed by atoms with Crippen LogP contribution in [0.5, 0.6) is 5.75 Å². The molecule has 1 heterocycles. The summed E-state index contributed by atoms with van der Waals surface area (Å²) in [6.45, 7) is 0. The van der Waals surface area contributed by atoms with Crippen LogP contribution in [0.25, 0.3) is 21.0 Å². The summed E-state index contributed by atoms with van der Waals surface area (Å²) in [5, 5.41) is 15.9. The van der Waals surface area contributed by atoms with Gasteiger partial charge in [0.25, 0.3) is 0 Å². The maximum Gasteiger partial charge on any atom is 0.234 e. The number of phenols is 1. The second-order valence-corrected chi connectivity index (χ2v) is 10.6. The summed E-state index contributed by atoms with van der Waals surface area (Å²) in [6, 6.07) is 22.1. The van der Waals surface area contributed by atoms with Crippen molar-refractivity contribution in [3.8, 4) is 5.75 Å². The SMILES string of the molecule is O=C(CSc1nc2ccc(N=Cc3c(O)ccc4ccccc34)cc2s1)Nc1ccc(Cl)c(Cl)c1. The average Bonchev–Trinajstić information content (AvgIpc) is 3.27. The van der Waals surface area contributed by atoms with Gasteiger partial charge in [0.05, 0.1) is 31.7 Å². The van der Waals surface area contributed by atoms with Crippen LogP contribution >= 0.6 is 46.3 Å². The first-order chi connectivity index (χ1) is 17.0. The van der Waals surface area contributed by atoms with Crippen molar-refractivity contribution in [2.75, 3.05) is 11.1 Å². The van der Waals surface area contributed by atoms with Crippen LogP contribution in [0.4, 0.5) is 11.4 Å². The fourth-order valence-corrected chi connectivity index (χ4v) is 5.69. The van der Waals surface area contributed by atoms with Gasteiger partial charge in [0.2, 0.25) is 5.91 Å². The monoisotopic (exact) mass is 537 g/mol. The Balaban J connectivity index is 1.28. The molecule has 9 heteroatoms. The number of phenolic OH excluding ortho intramolecular Hbond substituents is 1. The zero-order valence-corrected chi connectivity index (χ0v) is 21.2. The number of nitrogens with one attached hydrogen (secondary N) is 1. The molecule has 2 N–H and O–H groups in total. The highest BCUT2D eigenvalue weighted by atomic mass is 35.5. The third kappa shape index (κ3) is 5.44. The molecule has 0 aliphatic rings. The Morgan fingerprint density at radius 2 is 1.91 bits per heavy atom. The van der Waals surface area contributed by atoms with Crippen molar-refractivity contribution >= 4 is 90.8 Å². The minimum absolute atomic E-state index is 0.159. The topological polar surface area (TPSA) is 74.6 Å². The van der Waals surface area contributed by atoms with Gasteiger partial charge in [-0.2, -0.15) is 0 Å². The fourth-order valence-electron chi connectivity index (χ4n) is 3.49. The number of rotatable bonds is 6. The molecule has 0 aliphatic carbocycles. The molecule has 0 saturated carbocycles. The number of thiazole rings is 1. The Bertz CT molecular complexity index is 1600. The molecule has 0 radical (unpaired) electrons. The van der Waals surface area contributed by atoms with Crippen LogP contribution in [-0.2, 0) is 4.79 Å². The van der Waals surface area contributed by atoms with E-state index in [1.165, 1.54) is 23.1 Å². The third-order valence-corrected chi connectivity index (χ3v) is 8.07. The highest BCUT2D eigenvalue weighted by Crippen LogP contribution is 2.33. The molecule has 1 aromatic heterocycles. The van der Waals surface area contributed by atoms with Gasteiger partial charge in [0.1, 0.15) is 5.75 Å². The summed E-state index contributed by atoms with van der Waals surface area (Å²) >= 11 is 14.8. The molecule has 0 aliphatic heterocycles. The van der Waals surface area contributed by atoms with E-state index in [0.717, 1.165) is 31.0 Å². The van der Waals surface area contributed by atoms with E-state index < -0.39 is 0 Å². The smallest absolute Gasteiger partial charge is 0.234 e. The molecule has 0 bridgehead atoms. The van der Waals surface area contributed by atoms with Crippen molar-refractivity contribution < 1.29 is 9.90 Å². The number of aromatic nitrogens is 1. The lowest BCUT2D eigenvalue weighted by Crippen LogP contribution is -2.13. The van der Waals surface area contributed by atoms with Crippen LogP contribution in [0, 0.1) is 0 Å². The molecule has 1 amide bonds.